The van der Waals surface area contributed by atoms with Crippen LogP contribution < -0.4 is 10.5 Å². The molecule has 2 rings (SSSR count). The third-order valence-electron chi connectivity index (χ3n) is 2.49. The Labute approximate surface area is 115 Å². The van der Waals surface area contributed by atoms with E-state index in [1.165, 1.54) is 30.6 Å². The van der Waals surface area contributed by atoms with Crippen molar-refractivity contribution in [2.75, 3.05) is 18.6 Å². The van der Waals surface area contributed by atoms with Gasteiger partial charge in [0.1, 0.15) is 10.8 Å². The van der Waals surface area contributed by atoms with Gasteiger partial charge in [0.15, 0.2) is 9.84 Å². The van der Waals surface area contributed by atoms with Gasteiger partial charge in [-0.1, -0.05) is 11.3 Å². The Morgan fingerprint density at radius 3 is 2.47 bits per heavy atom. The number of nitrogen functional groups attached to an aromatic ring is 1. The van der Waals surface area contributed by atoms with Crippen molar-refractivity contribution < 1.29 is 13.2 Å². The number of nitrogens with two attached hydrogens (primary N) is 1. The summed E-state index contributed by atoms with van der Waals surface area (Å²) in [4.78, 5) is 0.269. The molecule has 0 saturated carbocycles. The molecule has 0 spiro atoms. The number of methoxy groups -OCH3 is 1. The molecule has 2 N–H and O–H groups in total. The van der Waals surface area contributed by atoms with Crippen molar-refractivity contribution in [2.45, 2.75) is 11.3 Å². The van der Waals surface area contributed by atoms with E-state index in [9.17, 15) is 8.42 Å². The molecule has 0 fully saturated rings. The number of nitrogens with zero attached hydrogens (tertiary/aromatic N) is 2. The van der Waals surface area contributed by atoms with Crippen molar-refractivity contribution in [3.05, 3.63) is 29.3 Å². The first-order valence-corrected chi connectivity index (χ1v) is 7.93. The predicted octanol–water partition coefficient (Wildman–Crippen LogP) is 1.15. The number of benzene rings is 1. The molecule has 0 amide bonds. The van der Waals surface area contributed by atoms with Crippen molar-refractivity contribution in [2.24, 2.45) is 0 Å². The highest BCUT2D eigenvalue weighted by Gasteiger charge is 2.15. The molecule has 0 atom stereocenters. The number of rotatable bonds is 5. The number of aryl methyl sites for hydroxylation is 1. The van der Waals surface area contributed by atoms with E-state index < -0.39 is 9.84 Å². The van der Waals surface area contributed by atoms with Crippen LogP contribution in [-0.4, -0.2) is 31.5 Å². The van der Waals surface area contributed by atoms with Crippen molar-refractivity contribution in [1.82, 2.24) is 10.2 Å². The predicted molar refractivity (Wildman–Crippen MR) is 73.1 cm³/mol. The molecule has 1 heterocycles. The van der Waals surface area contributed by atoms with E-state index in [1.807, 2.05) is 0 Å². The fourth-order valence-electron chi connectivity index (χ4n) is 1.49. The average molecular weight is 299 g/mol. The van der Waals surface area contributed by atoms with Gasteiger partial charge < -0.3 is 10.5 Å². The third kappa shape index (κ3) is 3.42. The van der Waals surface area contributed by atoms with E-state index in [0.29, 0.717) is 22.3 Å². The van der Waals surface area contributed by atoms with Crippen LogP contribution in [0.3, 0.4) is 0 Å². The lowest BCUT2D eigenvalue weighted by molar-refractivity contribution is 0.414. The molecule has 1 aromatic heterocycles. The quantitative estimate of drug-likeness (QED) is 0.889. The van der Waals surface area contributed by atoms with E-state index in [0.717, 1.165) is 0 Å². The number of aromatic nitrogens is 2. The first kappa shape index (κ1) is 13.8. The van der Waals surface area contributed by atoms with Crippen LogP contribution in [0.15, 0.2) is 29.2 Å². The molecule has 2 aromatic rings. The second-order valence-corrected chi connectivity index (χ2v) is 6.98. The Balaban J connectivity index is 2.09. The summed E-state index contributed by atoms with van der Waals surface area (Å²) in [7, 11) is -1.80. The summed E-state index contributed by atoms with van der Waals surface area (Å²) in [5.74, 6) is 0.601. The minimum atomic E-state index is -3.33. The van der Waals surface area contributed by atoms with E-state index >= 15 is 0 Å². The number of hydrogen-bond acceptors (Lipinski definition) is 7. The van der Waals surface area contributed by atoms with Crippen LogP contribution in [0.4, 0.5) is 5.13 Å². The van der Waals surface area contributed by atoms with Gasteiger partial charge in [-0.2, -0.15) is 0 Å². The van der Waals surface area contributed by atoms with Crippen molar-refractivity contribution in [1.29, 1.82) is 0 Å². The van der Waals surface area contributed by atoms with Gasteiger partial charge in [-0.3, -0.25) is 0 Å². The van der Waals surface area contributed by atoms with E-state index in [2.05, 4.69) is 10.2 Å². The van der Waals surface area contributed by atoms with Crippen molar-refractivity contribution in [3.63, 3.8) is 0 Å². The first-order valence-electron chi connectivity index (χ1n) is 5.46. The van der Waals surface area contributed by atoms with Gasteiger partial charge in [0, 0.05) is 6.42 Å². The Hall–Kier alpha value is -1.67. The largest absolute Gasteiger partial charge is 0.497 e. The van der Waals surface area contributed by atoms with Crippen LogP contribution in [0.25, 0.3) is 0 Å². The number of sulfone groups is 1. The first-order chi connectivity index (χ1) is 9.01. The minimum absolute atomic E-state index is 0.0199. The number of anilines is 1. The molecule has 0 aliphatic rings. The molecule has 6 nitrogen and oxygen atoms in total. The Morgan fingerprint density at radius 1 is 1.26 bits per heavy atom. The van der Waals surface area contributed by atoms with Gasteiger partial charge in [0.25, 0.3) is 0 Å². The lowest BCUT2D eigenvalue weighted by atomic mass is 10.3. The Morgan fingerprint density at radius 2 is 1.95 bits per heavy atom. The fraction of sp³-hybridized carbons (Fsp3) is 0.273. The molecule has 1 aromatic carbocycles. The molecule has 0 radical (unpaired) electrons. The molecule has 0 unspecified atom stereocenters. The molecular weight excluding hydrogens is 286 g/mol. The summed E-state index contributed by atoms with van der Waals surface area (Å²) >= 11 is 1.20. The average Bonchev–Trinajstić information content (AvgIpc) is 2.82. The second kappa shape index (κ2) is 5.54. The van der Waals surface area contributed by atoms with E-state index in [1.54, 1.807) is 12.1 Å². The van der Waals surface area contributed by atoms with Crippen LogP contribution >= 0.6 is 11.3 Å². The molecule has 102 valence electrons. The van der Waals surface area contributed by atoms with Crippen LogP contribution in [0.5, 0.6) is 5.75 Å². The fourth-order valence-corrected chi connectivity index (χ4v) is 3.48. The highest BCUT2D eigenvalue weighted by Crippen LogP contribution is 2.18. The Bertz CT molecular complexity index is 650. The van der Waals surface area contributed by atoms with E-state index in [4.69, 9.17) is 10.5 Å². The molecule has 0 bridgehead atoms. The summed E-state index contributed by atoms with van der Waals surface area (Å²) in [6, 6.07) is 6.30. The van der Waals surface area contributed by atoms with Gasteiger partial charge >= 0.3 is 0 Å². The topological polar surface area (TPSA) is 95.2 Å². The number of hydrogen-bond donors (Lipinski definition) is 1. The standard InChI is InChI=1S/C11H13N3O3S2/c1-17-8-2-4-9(5-3-8)19(15,16)7-6-10-13-14-11(12)18-10/h2-5H,6-7H2,1H3,(H2,12,14). The maximum Gasteiger partial charge on any atom is 0.203 e. The summed E-state index contributed by atoms with van der Waals surface area (Å²) in [5, 5.41) is 8.41. The van der Waals surface area contributed by atoms with E-state index in [-0.39, 0.29) is 10.6 Å². The monoisotopic (exact) mass is 299 g/mol. The number of ether oxygens (including phenoxy) is 1. The van der Waals surface area contributed by atoms with Gasteiger partial charge in [-0.25, -0.2) is 8.42 Å². The summed E-state index contributed by atoms with van der Waals surface area (Å²) in [5.41, 5.74) is 5.44. The molecule has 19 heavy (non-hydrogen) atoms. The van der Waals surface area contributed by atoms with Gasteiger partial charge in [0.05, 0.1) is 17.8 Å². The van der Waals surface area contributed by atoms with Crippen molar-refractivity contribution >= 4 is 26.3 Å². The summed E-state index contributed by atoms with van der Waals surface area (Å²) < 4.78 is 29.2. The van der Waals surface area contributed by atoms with Gasteiger partial charge in [0.2, 0.25) is 5.13 Å². The van der Waals surface area contributed by atoms with Crippen LogP contribution in [0.1, 0.15) is 5.01 Å². The second-order valence-electron chi connectivity index (χ2n) is 3.78. The van der Waals surface area contributed by atoms with Crippen molar-refractivity contribution in [3.8, 4) is 5.75 Å². The SMILES string of the molecule is COc1ccc(S(=O)(=O)CCc2nnc(N)s2)cc1. The lowest BCUT2D eigenvalue weighted by Gasteiger charge is -2.04. The zero-order valence-corrected chi connectivity index (χ0v) is 11.9. The maximum absolute atomic E-state index is 12.1. The smallest absolute Gasteiger partial charge is 0.203 e. The van der Waals surface area contributed by atoms with Crippen LogP contribution in [0.2, 0.25) is 0 Å². The summed E-state index contributed by atoms with van der Waals surface area (Å²) in [6.45, 7) is 0. The zero-order chi connectivity index (χ0) is 13.9. The van der Waals surface area contributed by atoms with Gasteiger partial charge in [-0.05, 0) is 24.3 Å². The maximum atomic E-state index is 12.1. The highest BCUT2D eigenvalue weighted by atomic mass is 32.2. The van der Waals surface area contributed by atoms with Crippen LogP contribution in [-0.2, 0) is 16.3 Å². The summed E-state index contributed by atoms with van der Waals surface area (Å²) in [6.07, 6.45) is 0.309. The molecule has 0 aliphatic carbocycles. The molecule has 8 heteroatoms. The lowest BCUT2D eigenvalue weighted by Crippen LogP contribution is -2.09. The van der Waals surface area contributed by atoms with Crippen LogP contribution in [0, 0.1) is 0 Å². The molecule has 0 saturated heterocycles. The third-order valence-corrected chi connectivity index (χ3v) is 5.03. The Kier molecular flexibility index (Phi) is 4.01. The molecule has 0 aliphatic heterocycles. The van der Waals surface area contributed by atoms with Gasteiger partial charge in [-0.15, -0.1) is 10.2 Å². The molecular formula is C11H13N3O3S2. The highest BCUT2D eigenvalue weighted by molar-refractivity contribution is 7.91. The zero-order valence-electron chi connectivity index (χ0n) is 10.2. The normalized spacial score (nSPS) is 11.4. The minimum Gasteiger partial charge on any atom is -0.497 e.